The van der Waals surface area contributed by atoms with Crippen LogP contribution in [0.3, 0.4) is 0 Å². The Morgan fingerprint density at radius 2 is 1.65 bits per heavy atom. The van der Waals surface area contributed by atoms with Crippen LogP contribution in [0.15, 0.2) is 54.6 Å². The van der Waals surface area contributed by atoms with Gasteiger partial charge >= 0.3 is 0 Å². The molecule has 2 rings (SSSR count). The Morgan fingerprint density at radius 1 is 0.941 bits per heavy atom. The van der Waals surface area contributed by atoms with Crippen LogP contribution < -0.4 is 5.73 Å². The van der Waals surface area contributed by atoms with E-state index in [2.05, 4.69) is 24.3 Å². The molecule has 0 aromatic heterocycles. The average Bonchev–Trinajstić information content (AvgIpc) is 2.38. The van der Waals surface area contributed by atoms with Gasteiger partial charge < -0.3 is 5.73 Å². The fraction of sp³-hybridized carbons (Fsp3) is 0.133. The minimum Gasteiger partial charge on any atom is -0.370 e. The lowest BCUT2D eigenvalue weighted by molar-refractivity contribution is -0.117. The molecule has 0 bridgehead atoms. The van der Waals surface area contributed by atoms with Crippen LogP contribution in [0.4, 0.5) is 0 Å². The summed E-state index contributed by atoms with van der Waals surface area (Å²) in [5.41, 5.74) is 8.66. The Morgan fingerprint density at radius 3 is 2.35 bits per heavy atom. The SMILES string of the molecule is NC(=O)CCc1cccc(-c2ccccc2)c1. The maximum absolute atomic E-state index is 10.7. The molecule has 17 heavy (non-hydrogen) atoms. The smallest absolute Gasteiger partial charge is 0.217 e. The molecule has 2 heteroatoms. The zero-order valence-corrected chi connectivity index (χ0v) is 9.60. The number of aryl methyl sites for hydroxylation is 1. The van der Waals surface area contributed by atoms with Crippen molar-refractivity contribution in [1.29, 1.82) is 0 Å². The summed E-state index contributed by atoms with van der Waals surface area (Å²) in [7, 11) is 0. The standard InChI is InChI=1S/C15H15NO/c16-15(17)10-9-12-5-4-8-14(11-12)13-6-2-1-3-7-13/h1-8,11H,9-10H2,(H2,16,17). The van der Waals surface area contributed by atoms with E-state index in [0.717, 1.165) is 5.56 Å². The van der Waals surface area contributed by atoms with Crippen molar-refractivity contribution >= 4 is 5.91 Å². The summed E-state index contributed by atoms with van der Waals surface area (Å²) in [5.74, 6) is -0.255. The van der Waals surface area contributed by atoms with Gasteiger partial charge in [-0.15, -0.1) is 0 Å². The number of carbonyl (C=O) groups excluding carboxylic acids is 1. The molecule has 86 valence electrons. The molecule has 0 saturated heterocycles. The van der Waals surface area contributed by atoms with Crippen molar-refractivity contribution in [3.05, 3.63) is 60.2 Å². The molecule has 2 N–H and O–H groups in total. The Hall–Kier alpha value is -2.09. The number of carbonyl (C=O) groups is 1. The highest BCUT2D eigenvalue weighted by Gasteiger charge is 2.00. The van der Waals surface area contributed by atoms with Gasteiger partial charge in [0.25, 0.3) is 0 Å². The van der Waals surface area contributed by atoms with Gasteiger partial charge in [0.05, 0.1) is 0 Å². The molecule has 0 unspecified atom stereocenters. The van der Waals surface area contributed by atoms with Crippen LogP contribution in [-0.2, 0) is 11.2 Å². The first-order valence-corrected chi connectivity index (χ1v) is 5.68. The van der Waals surface area contributed by atoms with E-state index in [-0.39, 0.29) is 5.91 Å². The Labute approximate surface area is 101 Å². The number of rotatable bonds is 4. The molecule has 0 aliphatic rings. The normalized spacial score (nSPS) is 10.1. The van der Waals surface area contributed by atoms with Crippen LogP contribution in [0.5, 0.6) is 0 Å². The highest BCUT2D eigenvalue weighted by Crippen LogP contribution is 2.20. The van der Waals surface area contributed by atoms with Gasteiger partial charge in [-0.05, 0) is 23.1 Å². The lowest BCUT2D eigenvalue weighted by atomic mass is 10.0. The van der Waals surface area contributed by atoms with Crippen LogP contribution in [0, 0.1) is 0 Å². The van der Waals surface area contributed by atoms with Gasteiger partial charge in [-0.3, -0.25) is 4.79 Å². The van der Waals surface area contributed by atoms with Crippen molar-refractivity contribution in [2.24, 2.45) is 5.73 Å². The zero-order chi connectivity index (χ0) is 12.1. The summed E-state index contributed by atoms with van der Waals surface area (Å²) in [6.07, 6.45) is 1.11. The summed E-state index contributed by atoms with van der Waals surface area (Å²) in [6, 6.07) is 18.4. The van der Waals surface area contributed by atoms with E-state index in [1.54, 1.807) is 0 Å². The minimum atomic E-state index is -0.255. The lowest BCUT2D eigenvalue weighted by Crippen LogP contribution is -2.11. The fourth-order valence-corrected chi connectivity index (χ4v) is 1.80. The second-order valence-electron chi connectivity index (χ2n) is 4.03. The van der Waals surface area contributed by atoms with E-state index in [1.807, 2.05) is 30.3 Å². The molecule has 0 atom stereocenters. The summed E-state index contributed by atoms with van der Waals surface area (Å²) in [5, 5.41) is 0. The fourth-order valence-electron chi connectivity index (χ4n) is 1.80. The maximum Gasteiger partial charge on any atom is 0.217 e. The van der Waals surface area contributed by atoms with Gasteiger partial charge in [0.1, 0.15) is 0 Å². The monoisotopic (exact) mass is 225 g/mol. The molecule has 0 aliphatic carbocycles. The predicted octanol–water partition coefficient (Wildman–Crippen LogP) is 2.77. The third kappa shape index (κ3) is 3.18. The van der Waals surface area contributed by atoms with E-state index in [4.69, 9.17) is 5.73 Å². The van der Waals surface area contributed by atoms with E-state index in [9.17, 15) is 4.79 Å². The summed E-state index contributed by atoms with van der Waals surface area (Å²) in [6.45, 7) is 0. The number of primary amides is 1. The number of benzene rings is 2. The van der Waals surface area contributed by atoms with Crippen molar-refractivity contribution in [1.82, 2.24) is 0 Å². The van der Waals surface area contributed by atoms with Gasteiger partial charge in [-0.2, -0.15) is 0 Å². The molecule has 0 heterocycles. The topological polar surface area (TPSA) is 43.1 Å². The minimum absolute atomic E-state index is 0.255. The van der Waals surface area contributed by atoms with E-state index < -0.39 is 0 Å². The molecule has 2 nitrogen and oxygen atoms in total. The Bertz CT molecular complexity index is 505. The summed E-state index contributed by atoms with van der Waals surface area (Å²) < 4.78 is 0. The van der Waals surface area contributed by atoms with E-state index in [0.29, 0.717) is 12.8 Å². The van der Waals surface area contributed by atoms with Crippen molar-refractivity contribution in [3.8, 4) is 11.1 Å². The molecule has 0 radical (unpaired) electrons. The zero-order valence-electron chi connectivity index (χ0n) is 9.60. The molecule has 0 saturated carbocycles. The number of nitrogens with two attached hydrogens (primary N) is 1. The Balaban J connectivity index is 2.20. The van der Waals surface area contributed by atoms with Crippen LogP contribution in [0.25, 0.3) is 11.1 Å². The van der Waals surface area contributed by atoms with Crippen molar-refractivity contribution in [2.45, 2.75) is 12.8 Å². The second-order valence-corrected chi connectivity index (χ2v) is 4.03. The van der Waals surface area contributed by atoms with Gasteiger partial charge in [-0.1, -0.05) is 54.6 Å². The first-order valence-electron chi connectivity index (χ1n) is 5.68. The van der Waals surface area contributed by atoms with Gasteiger partial charge in [0.15, 0.2) is 0 Å². The van der Waals surface area contributed by atoms with Crippen molar-refractivity contribution in [3.63, 3.8) is 0 Å². The molecule has 2 aromatic rings. The van der Waals surface area contributed by atoms with E-state index in [1.165, 1.54) is 11.1 Å². The number of hydrogen-bond donors (Lipinski definition) is 1. The largest absolute Gasteiger partial charge is 0.370 e. The third-order valence-corrected chi connectivity index (χ3v) is 2.69. The van der Waals surface area contributed by atoms with Gasteiger partial charge in [0.2, 0.25) is 5.91 Å². The molecular weight excluding hydrogens is 210 g/mol. The first kappa shape index (κ1) is 11.4. The van der Waals surface area contributed by atoms with Gasteiger partial charge in [-0.25, -0.2) is 0 Å². The van der Waals surface area contributed by atoms with Crippen LogP contribution >= 0.6 is 0 Å². The second kappa shape index (κ2) is 5.30. The van der Waals surface area contributed by atoms with Crippen LogP contribution in [0.2, 0.25) is 0 Å². The highest BCUT2D eigenvalue weighted by atomic mass is 16.1. The molecule has 2 aromatic carbocycles. The average molecular weight is 225 g/mol. The molecular formula is C15H15NO. The van der Waals surface area contributed by atoms with Crippen LogP contribution in [0.1, 0.15) is 12.0 Å². The summed E-state index contributed by atoms with van der Waals surface area (Å²) >= 11 is 0. The lowest BCUT2D eigenvalue weighted by Gasteiger charge is -2.04. The van der Waals surface area contributed by atoms with E-state index >= 15 is 0 Å². The molecule has 0 fully saturated rings. The Kier molecular flexibility index (Phi) is 3.55. The number of amides is 1. The maximum atomic E-state index is 10.7. The van der Waals surface area contributed by atoms with Crippen LogP contribution in [-0.4, -0.2) is 5.91 Å². The third-order valence-electron chi connectivity index (χ3n) is 2.69. The molecule has 0 aliphatic heterocycles. The first-order chi connectivity index (χ1) is 8.25. The summed E-state index contributed by atoms with van der Waals surface area (Å²) in [4.78, 5) is 10.7. The number of hydrogen-bond acceptors (Lipinski definition) is 1. The van der Waals surface area contributed by atoms with Crippen molar-refractivity contribution in [2.75, 3.05) is 0 Å². The molecule has 1 amide bonds. The highest BCUT2D eigenvalue weighted by molar-refractivity contribution is 5.74. The molecule has 0 spiro atoms. The predicted molar refractivity (Wildman–Crippen MR) is 69.4 cm³/mol. The van der Waals surface area contributed by atoms with Crippen molar-refractivity contribution < 1.29 is 4.79 Å². The van der Waals surface area contributed by atoms with Gasteiger partial charge in [0, 0.05) is 6.42 Å². The quantitative estimate of drug-likeness (QED) is 0.854.